The van der Waals surface area contributed by atoms with Gasteiger partial charge in [-0.05, 0) is 43.6 Å². The Morgan fingerprint density at radius 1 is 0.849 bits per heavy atom. The second-order valence-corrected chi connectivity index (χ2v) is 19.6. The molecular weight excluding hydrogens is 708 g/mol. The number of carboxylic acids is 1. The highest BCUT2D eigenvalue weighted by Crippen LogP contribution is 2.40. The molecule has 1 aromatic heterocycles. The van der Waals surface area contributed by atoms with Crippen molar-refractivity contribution in [2.75, 3.05) is 12.8 Å². The van der Waals surface area contributed by atoms with Crippen molar-refractivity contribution >= 4 is 32.7 Å². The van der Waals surface area contributed by atoms with Gasteiger partial charge in [0.25, 0.3) is 8.32 Å². The van der Waals surface area contributed by atoms with E-state index in [0.29, 0.717) is 22.4 Å². The number of rotatable bonds is 13. The van der Waals surface area contributed by atoms with Crippen LogP contribution >= 0.6 is 8.03 Å². The van der Waals surface area contributed by atoms with Gasteiger partial charge in [0.15, 0.2) is 12.4 Å². The quantitative estimate of drug-likeness (QED) is 0.0734. The first-order valence-electron chi connectivity index (χ1n) is 17.4. The van der Waals surface area contributed by atoms with Gasteiger partial charge in [-0.25, -0.2) is 13.8 Å². The van der Waals surface area contributed by atoms with E-state index in [1.807, 2.05) is 80.6 Å². The maximum atomic E-state index is 16.4. The normalized spacial score (nSPS) is 12.6. The van der Waals surface area contributed by atoms with Crippen molar-refractivity contribution in [3.8, 4) is 34.2 Å². The molecule has 1 N–H and O–H groups in total. The minimum absolute atomic E-state index is 0.156. The molecule has 5 aromatic rings. The first-order chi connectivity index (χ1) is 25.3. The molecule has 0 spiro atoms. The van der Waals surface area contributed by atoms with Crippen LogP contribution in [0.1, 0.15) is 58.2 Å². The van der Waals surface area contributed by atoms with Gasteiger partial charge in [0, 0.05) is 11.1 Å². The minimum Gasteiger partial charge on any atom is -0.481 e. The molecule has 0 saturated carbocycles. The smallest absolute Gasteiger partial charge is 0.481 e. The van der Waals surface area contributed by atoms with E-state index in [9.17, 15) is 18.9 Å². The van der Waals surface area contributed by atoms with Crippen molar-refractivity contribution in [3.63, 3.8) is 0 Å². The predicted octanol–water partition coefficient (Wildman–Crippen LogP) is 9.35. The molecule has 4 aromatic carbocycles. The lowest BCUT2D eigenvalue weighted by Gasteiger charge is -2.44. The molecule has 5 rings (SSSR count). The summed E-state index contributed by atoms with van der Waals surface area (Å²) in [5, 5.41) is 11.4. The highest BCUT2D eigenvalue weighted by Gasteiger charge is 2.52. The molecule has 0 saturated heterocycles. The molecule has 0 fully saturated rings. The zero-order valence-electron chi connectivity index (χ0n) is 30.5. The third-order valence-corrected chi connectivity index (χ3v) is 15.1. The molecule has 272 valence electrons. The molecule has 0 radical (unpaired) electrons. The third-order valence-electron chi connectivity index (χ3n) is 8.90. The Kier molecular flexibility index (Phi) is 12.9. The van der Waals surface area contributed by atoms with Gasteiger partial charge in [-0.2, -0.15) is 0 Å². The number of hydrogen-bond donors (Lipinski definition) is 1. The molecular formula is C43H43F2NO5PSi+. The lowest BCUT2D eigenvalue weighted by atomic mass is 9.92. The van der Waals surface area contributed by atoms with Gasteiger partial charge in [0.1, 0.15) is 17.6 Å². The van der Waals surface area contributed by atoms with Gasteiger partial charge in [-0.3, -0.25) is 4.79 Å². The topological polar surface area (TPSA) is 85.7 Å². The van der Waals surface area contributed by atoms with Crippen molar-refractivity contribution in [2.45, 2.75) is 58.1 Å². The molecule has 0 aliphatic rings. The Morgan fingerprint density at radius 3 is 1.91 bits per heavy atom. The minimum atomic E-state index is -3.16. The molecule has 0 aliphatic carbocycles. The number of carbonyl (C=O) groups is 1. The van der Waals surface area contributed by atoms with Crippen molar-refractivity contribution in [3.05, 3.63) is 138 Å². The summed E-state index contributed by atoms with van der Waals surface area (Å²) in [6.07, 6.45) is -1.48. The number of pyridine rings is 1. The van der Waals surface area contributed by atoms with E-state index >= 15 is 4.39 Å². The number of aliphatic carboxylic acids is 1. The van der Waals surface area contributed by atoms with E-state index in [2.05, 4.69) is 32.6 Å². The van der Waals surface area contributed by atoms with E-state index in [4.69, 9.17) is 13.9 Å². The van der Waals surface area contributed by atoms with E-state index in [-0.39, 0.29) is 36.4 Å². The average molecular weight is 751 g/mol. The van der Waals surface area contributed by atoms with Crippen LogP contribution in [0, 0.1) is 23.5 Å². The van der Waals surface area contributed by atoms with Crippen LogP contribution in [0.5, 0.6) is 0 Å². The first kappa shape index (κ1) is 39.4. The average Bonchev–Trinajstić information content (AvgIpc) is 3.13. The maximum Gasteiger partial charge on any atom is 0.511 e. The molecule has 53 heavy (non-hydrogen) atoms. The summed E-state index contributed by atoms with van der Waals surface area (Å²) in [7, 11) is -5.59. The van der Waals surface area contributed by atoms with Crippen LogP contribution in [0.3, 0.4) is 0 Å². The van der Waals surface area contributed by atoms with E-state index in [1.54, 1.807) is 24.3 Å². The van der Waals surface area contributed by atoms with Gasteiger partial charge in [-0.1, -0.05) is 150 Å². The van der Waals surface area contributed by atoms with Crippen LogP contribution in [-0.4, -0.2) is 43.2 Å². The summed E-state index contributed by atoms with van der Waals surface area (Å²) in [4.78, 5) is 16.8. The zero-order valence-corrected chi connectivity index (χ0v) is 32.4. The lowest BCUT2D eigenvalue weighted by Crippen LogP contribution is -2.68. The standard InChI is InChI=1S/C43H42F2NO5PSi/c1-30(2)41-37(39(31-23-25-33(44)26-24-31)40(45)42(46-41)32-16-9-6-10-17-32)22-15-27-50-52(49)29-34(28-38(47)48)51-53(43(3,4)5,35-18-11-7-12-19-35)36-20-13-8-14-21-36/h6-14,16-21,23-26,30,34H,27-29H2,1-5H3/p+1. The van der Waals surface area contributed by atoms with Crippen LogP contribution in [0.2, 0.25) is 5.04 Å². The Balaban J connectivity index is 1.46. The van der Waals surface area contributed by atoms with Crippen molar-refractivity contribution < 1.29 is 32.2 Å². The van der Waals surface area contributed by atoms with Gasteiger partial charge >= 0.3 is 14.0 Å². The molecule has 0 bridgehead atoms. The molecule has 2 unspecified atom stereocenters. The Hall–Kier alpha value is -4.84. The number of nitrogens with zero attached hydrogens (tertiary/aromatic N) is 1. The van der Waals surface area contributed by atoms with E-state index < -0.39 is 45.1 Å². The van der Waals surface area contributed by atoms with Gasteiger partial charge in [0.2, 0.25) is 6.16 Å². The third kappa shape index (κ3) is 9.21. The van der Waals surface area contributed by atoms with Gasteiger partial charge in [0.05, 0.1) is 17.7 Å². The highest BCUT2D eigenvalue weighted by molar-refractivity contribution is 7.39. The van der Waals surface area contributed by atoms with Crippen molar-refractivity contribution in [2.24, 2.45) is 0 Å². The van der Waals surface area contributed by atoms with Crippen LogP contribution in [0.4, 0.5) is 8.78 Å². The SMILES string of the molecule is CC(C)c1nc(-c2ccccc2)c(F)c(-c2ccc(F)cc2)c1C#CCO[P+](=O)CC(CC(=O)O)O[Si](c1ccccc1)(c1ccccc1)C(C)(C)C. The van der Waals surface area contributed by atoms with Gasteiger partial charge in [-0.15, -0.1) is 4.52 Å². The molecule has 2 atom stereocenters. The molecule has 0 aliphatic heterocycles. The van der Waals surface area contributed by atoms with Crippen LogP contribution < -0.4 is 10.4 Å². The predicted molar refractivity (Wildman–Crippen MR) is 209 cm³/mol. The Morgan fingerprint density at radius 2 is 1.40 bits per heavy atom. The highest BCUT2D eigenvalue weighted by atomic mass is 31.1. The van der Waals surface area contributed by atoms with Crippen molar-refractivity contribution in [1.82, 2.24) is 4.98 Å². The van der Waals surface area contributed by atoms with Crippen LogP contribution in [-0.2, 0) is 18.3 Å². The monoisotopic (exact) mass is 750 g/mol. The van der Waals surface area contributed by atoms with Gasteiger partial charge < -0.3 is 9.53 Å². The molecule has 1 heterocycles. The fourth-order valence-corrected chi connectivity index (χ4v) is 12.2. The largest absolute Gasteiger partial charge is 0.511 e. The first-order valence-corrected chi connectivity index (χ1v) is 20.7. The van der Waals surface area contributed by atoms with Crippen LogP contribution in [0.15, 0.2) is 115 Å². The molecule has 6 nitrogen and oxygen atoms in total. The maximum absolute atomic E-state index is 16.4. The Bertz CT molecular complexity index is 2060. The van der Waals surface area contributed by atoms with E-state index in [1.165, 1.54) is 24.3 Å². The van der Waals surface area contributed by atoms with E-state index in [0.717, 1.165) is 10.4 Å². The zero-order chi connectivity index (χ0) is 38.2. The number of halogens is 2. The molecule has 0 amide bonds. The second kappa shape index (κ2) is 17.3. The summed E-state index contributed by atoms with van der Waals surface area (Å²) < 4.78 is 56.6. The van der Waals surface area contributed by atoms with Crippen molar-refractivity contribution in [1.29, 1.82) is 0 Å². The second-order valence-electron chi connectivity index (χ2n) is 14.0. The summed E-state index contributed by atoms with van der Waals surface area (Å²) in [5.74, 6) is 3.61. The lowest BCUT2D eigenvalue weighted by molar-refractivity contribution is -0.138. The number of benzene rings is 4. The fourth-order valence-electron chi connectivity index (χ4n) is 6.53. The summed E-state index contributed by atoms with van der Waals surface area (Å²) >= 11 is 0. The number of aromatic nitrogens is 1. The summed E-state index contributed by atoms with van der Waals surface area (Å²) in [5.41, 5.74) is 2.22. The fraction of sp³-hybridized carbons (Fsp3) is 0.256. The summed E-state index contributed by atoms with van der Waals surface area (Å²) in [6.45, 7) is 9.82. The molecule has 10 heteroatoms. The Labute approximate surface area is 312 Å². The number of hydrogen-bond acceptors (Lipinski definition) is 5. The number of carboxylic acid groups (broad SMARTS) is 1. The summed E-state index contributed by atoms with van der Waals surface area (Å²) in [6, 6.07) is 34.1. The van der Waals surface area contributed by atoms with Crippen LogP contribution in [0.25, 0.3) is 22.4 Å².